The van der Waals surface area contributed by atoms with E-state index in [4.69, 9.17) is 5.11 Å². The largest absolute Gasteiger partial charge is 0.475 e. The fraction of sp³-hybridized carbons (Fsp3) is 0.250. The Kier molecular flexibility index (Phi) is 3.26. The molecule has 0 bridgehead atoms. The van der Waals surface area contributed by atoms with Crippen LogP contribution in [0.2, 0.25) is 0 Å². The van der Waals surface area contributed by atoms with Gasteiger partial charge in [0.15, 0.2) is 5.76 Å². The SMILES string of the molecule is C=C(OCBr)C(=O)O. The molecule has 0 unspecified atom stereocenters. The van der Waals surface area contributed by atoms with Crippen molar-refractivity contribution in [3.63, 3.8) is 0 Å². The van der Waals surface area contributed by atoms with Gasteiger partial charge in [0.25, 0.3) is 0 Å². The highest BCUT2D eigenvalue weighted by molar-refractivity contribution is 9.09. The van der Waals surface area contributed by atoms with Gasteiger partial charge in [-0.1, -0.05) is 0 Å². The Labute approximate surface area is 55.1 Å². The normalized spacial score (nSPS) is 8.12. The van der Waals surface area contributed by atoms with E-state index in [1.807, 2.05) is 0 Å². The second-order valence-corrected chi connectivity index (χ2v) is 1.44. The number of ether oxygens (including phenoxy) is 1. The van der Waals surface area contributed by atoms with Crippen LogP contribution < -0.4 is 0 Å². The van der Waals surface area contributed by atoms with Gasteiger partial charge in [0, 0.05) is 0 Å². The molecule has 0 saturated heterocycles. The average Bonchev–Trinajstić information content (AvgIpc) is 1.67. The zero-order valence-electron chi connectivity index (χ0n) is 4.06. The zero-order chi connectivity index (χ0) is 6.57. The minimum Gasteiger partial charge on any atom is -0.475 e. The van der Waals surface area contributed by atoms with Gasteiger partial charge >= 0.3 is 5.97 Å². The molecule has 0 aromatic heterocycles. The van der Waals surface area contributed by atoms with Gasteiger partial charge in [-0.2, -0.15) is 0 Å². The number of carbonyl (C=O) groups is 1. The molecule has 0 aromatic rings. The molecule has 0 aliphatic heterocycles. The predicted octanol–water partition coefficient (Wildman–Crippen LogP) is 0.954. The van der Waals surface area contributed by atoms with Crippen molar-refractivity contribution in [2.45, 2.75) is 0 Å². The van der Waals surface area contributed by atoms with E-state index in [2.05, 4.69) is 27.2 Å². The Hall–Kier alpha value is -0.510. The Morgan fingerprint density at radius 3 is 2.50 bits per heavy atom. The molecule has 46 valence electrons. The maximum Gasteiger partial charge on any atom is 0.370 e. The quantitative estimate of drug-likeness (QED) is 0.400. The summed E-state index contributed by atoms with van der Waals surface area (Å²) in [6, 6.07) is 0. The molecular weight excluding hydrogens is 176 g/mol. The van der Waals surface area contributed by atoms with Crippen molar-refractivity contribution in [2.24, 2.45) is 0 Å². The van der Waals surface area contributed by atoms with Crippen molar-refractivity contribution in [1.29, 1.82) is 0 Å². The highest BCUT2D eigenvalue weighted by atomic mass is 79.9. The fourth-order valence-electron chi connectivity index (χ4n) is 0.128. The molecule has 0 spiro atoms. The smallest absolute Gasteiger partial charge is 0.370 e. The lowest BCUT2D eigenvalue weighted by molar-refractivity contribution is -0.136. The Balaban J connectivity index is 3.49. The van der Waals surface area contributed by atoms with Crippen molar-refractivity contribution >= 4 is 21.9 Å². The van der Waals surface area contributed by atoms with E-state index in [-0.39, 0.29) is 11.3 Å². The van der Waals surface area contributed by atoms with Crippen LogP contribution in [0.5, 0.6) is 0 Å². The maximum absolute atomic E-state index is 9.84. The van der Waals surface area contributed by atoms with Crippen LogP contribution in [0.15, 0.2) is 12.3 Å². The predicted molar refractivity (Wildman–Crippen MR) is 31.7 cm³/mol. The lowest BCUT2D eigenvalue weighted by atomic mass is 10.6. The highest BCUT2D eigenvalue weighted by Gasteiger charge is 2.01. The van der Waals surface area contributed by atoms with E-state index in [0.29, 0.717) is 0 Å². The Bertz CT molecular complexity index is 110. The average molecular weight is 181 g/mol. The monoisotopic (exact) mass is 180 g/mol. The summed E-state index contributed by atoms with van der Waals surface area (Å²) in [6.45, 7) is 3.09. The van der Waals surface area contributed by atoms with Crippen LogP contribution in [0, 0.1) is 0 Å². The van der Waals surface area contributed by atoms with Gasteiger partial charge in [-0.25, -0.2) is 4.79 Å². The first kappa shape index (κ1) is 7.49. The van der Waals surface area contributed by atoms with Gasteiger partial charge in [0.05, 0.1) is 0 Å². The summed E-state index contributed by atoms with van der Waals surface area (Å²) in [5, 5.41) is 8.07. The van der Waals surface area contributed by atoms with Crippen molar-refractivity contribution in [1.82, 2.24) is 0 Å². The van der Waals surface area contributed by atoms with Gasteiger partial charge in [0.1, 0.15) is 5.52 Å². The second-order valence-electron chi connectivity index (χ2n) is 0.982. The van der Waals surface area contributed by atoms with Crippen LogP contribution in [0.25, 0.3) is 0 Å². The van der Waals surface area contributed by atoms with Gasteiger partial charge in [-0.3, -0.25) is 0 Å². The summed E-state index contributed by atoms with van der Waals surface area (Å²) in [7, 11) is 0. The molecule has 0 amide bonds. The van der Waals surface area contributed by atoms with Crippen molar-refractivity contribution in [3.8, 4) is 0 Å². The summed E-state index contributed by atoms with van der Waals surface area (Å²) < 4.78 is 4.43. The summed E-state index contributed by atoms with van der Waals surface area (Å²) in [6.07, 6.45) is 0. The molecular formula is C4H5BrO3. The first-order valence-electron chi connectivity index (χ1n) is 1.79. The van der Waals surface area contributed by atoms with Crippen LogP contribution in [0.3, 0.4) is 0 Å². The summed E-state index contributed by atoms with van der Waals surface area (Å²) in [5.74, 6) is -1.38. The fourth-order valence-corrected chi connectivity index (χ4v) is 0.404. The van der Waals surface area contributed by atoms with Gasteiger partial charge < -0.3 is 9.84 Å². The number of aliphatic carboxylic acids is 1. The van der Waals surface area contributed by atoms with Crippen molar-refractivity contribution in [3.05, 3.63) is 12.3 Å². The molecule has 4 heteroatoms. The number of rotatable bonds is 3. The molecule has 0 aliphatic carbocycles. The third-order valence-corrected chi connectivity index (χ3v) is 0.696. The number of hydrogen-bond acceptors (Lipinski definition) is 2. The number of carboxylic acids is 1. The van der Waals surface area contributed by atoms with E-state index in [0.717, 1.165) is 0 Å². The molecule has 0 atom stereocenters. The van der Waals surface area contributed by atoms with Crippen LogP contribution in [-0.4, -0.2) is 16.6 Å². The molecule has 0 heterocycles. The lowest BCUT2D eigenvalue weighted by Crippen LogP contribution is -2.01. The number of alkyl halides is 1. The van der Waals surface area contributed by atoms with Crippen molar-refractivity contribution in [2.75, 3.05) is 5.52 Å². The topological polar surface area (TPSA) is 46.5 Å². The van der Waals surface area contributed by atoms with Crippen LogP contribution in [0.1, 0.15) is 0 Å². The van der Waals surface area contributed by atoms with Gasteiger partial charge in [-0.15, -0.1) is 0 Å². The highest BCUT2D eigenvalue weighted by Crippen LogP contribution is 1.94. The minimum atomic E-state index is -1.13. The molecule has 1 N–H and O–H groups in total. The van der Waals surface area contributed by atoms with Crippen LogP contribution in [-0.2, 0) is 9.53 Å². The molecule has 0 saturated carbocycles. The van der Waals surface area contributed by atoms with E-state index in [1.54, 1.807) is 0 Å². The third-order valence-electron chi connectivity index (χ3n) is 0.467. The number of hydrogen-bond donors (Lipinski definition) is 1. The van der Waals surface area contributed by atoms with Crippen molar-refractivity contribution < 1.29 is 14.6 Å². The Morgan fingerprint density at radius 2 is 2.38 bits per heavy atom. The minimum absolute atomic E-state index is 0.165. The molecule has 0 rings (SSSR count). The van der Waals surface area contributed by atoms with Gasteiger partial charge in [-0.05, 0) is 22.5 Å². The molecule has 3 nitrogen and oxygen atoms in total. The van der Waals surface area contributed by atoms with Crippen LogP contribution >= 0.6 is 15.9 Å². The van der Waals surface area contributed by atoms with E-state index in [9.17, 15) is 4.79 Å². The maximum atomic E-state index is 9.84. The first-order valence-corrected chi connectivity index (χ1v) is 2.91. The number of halogens is 1. The van der Waals surface area contributed by atoms with E-state index >= 15 is 0 Å². The molecule has 0 radical (unpaired) electrons. The number of carboxylic acid groups (broad SMARTS) is 1. The summed E-state index contributed by atoms with van der Waals surface area (Å²) in [4.78, 5) is 9.84. The zero-order valence-corrected chi connectivity index (χ0v) is 5.64. The Morgan fingerprint density at radius 1 is 1.88 bits per heavy atom. The van der Waals surface area contributed by atoms with Crippen LogP contribution in [0.4, 0.5) is 0 Å². The second kappa shape index (κ2) is 3.49. The summed E-state index contributed by atoms with van der Waals surface area (Å²) in [5.41, 5.74) is 0.165. The van der Waals surface area contributed by atoms with E-state index in [1.165, 1.54) is 0 Å². The third kappa shape index (κ3) is 2.63. The first-order chi connectivity index (χ1) is 3.68. The molecule has 0 fully saturated rings. The molecule has 0 aliphatic rings. The standard InChI is InChI=1S/C4H5BrO3/c1-3(4(6)7)8-2-5/h1-2H2,(H,6,7). The van der Waals surface area contributed by atoms with Gasteiger partial charge in [0.2, 0.25) is 0 Å². The molecule has 0 aromatic carbocycles. The lowest BCUT2D eigenvalue weighted by Gasteiger charge is -1.96. The summed E-state index contributed by atoms with van der Waals surface area (Å²) >= 11 is 2.87. The molecule has 8 heavy (non-hydrogen) atoms. The van der Waals surface area contributed by atoms with E-state index < -0.39 is 5.97 Å².